The molecular formula is C38H45ClF6N9O8+. The lowest BCUT2D eigenvalue weighted by molar-refractivity contribution is -0.862. The van der Waals surface area contributed by atoms with E-state index in [1.165, 1.54) is 18.2 Å². The molecule has 0 bridgehead atoms. The van der Waals surface area contributed by atoms with E-state index >= 15 is 0 Å². The molecule has 0 atom stereocenters. The van der Waals surface area contributed by atoms with Crippen molar-refractivity contribution in [2.75, 3.05) is 80.2 Å². The zero-order valence-corrected chi connectivity index (χ0v) is 35.4. The summed E-state index contributed by atoms with van der Waals surface area (Å²) >= 11 is 0. The topological polar surface area (TPSA) is 207 Å². The molecule has 0 aliphatic heterocycles. The van der Waals surface area contributed by atoms with Gasteiger partial charge < -0.3 is 41.5 Å². The number of hydrogen-bond acceptors (Lipinski definition) is 11. The maximum absolute atomic E-state index is 13.1. The maximum Gasteiger partial charge on any atom is 0.416 e. The van der Waals surface area contributed by atoms with E-state index in [2.05, 4.69) is 41.4 Å². The van der Waals surface area contributed by atoms with Crippen LogP contribution >= 0.6 is 0 Å². The van der Waals surface area contributed by atoms with Gasteiger partial charge in [-0.05, 0) is 42.5 Å². The third-order valence-corrected chi connectivity index (χ3v) is 7.22. The van der Waals surface area contributed by atoms with Crippen LogP contribution in [-0.2, 0) is 47.4 Å². The summed E-state index contributed by atoms with van der Waals surface area (Å²) in [6.45, 7) is 0.151. The molecule has 0 radical (unpaired) electrons. The number of amides is 4. The van der Waals surface area contributed by atoms with Gasteiger partial charge in [0.2, 0.25) is 0 Å². The number of benzene rings is 2. The number of likely N-dealkylation sites (N-methyl/N-ethyl adjacent to an activating group) is 2. The number of pyridine rings is 1. The number of carbonyl (C=O) groups excluding carboxylic acids is 6. The fourth-order valence-electron chi connectivity index (χ4n) is 4.63. The monoisotopic (exact) mass is 904 g/mol. The summed E-state index contributed by atoms with van der Waals surface area (Å²) in [5, 5.41) is 11.9. The largest absolute Gasteiger partial charge is 1.00 e. The van der Waals surface area contributed by atoms with Crippen molar-refractivity contribution in [1.29, 1.82) is 0 Å². The second-order valence-corrected chi connectivity index (χ2v) is 14.8. The Hall–Kier alpha value is -6.46. The highest BCUT2D eigenvalue weighted by Gasteiger charge is 2.32. The molecule has 1 heterocycles. The molecule has 0 saturated carbocycles. The number of halogens is 7. The van der Waals surface area contributed by atoms with Crippen molar-refractivity contribution in [3.63, 3.8) is 0 Å². The predicted molar refractivity (Wildman–Crippen MR) is 209 cm³/mol. The van der Waals surface area contributed by atoms with Crippen molar-refractivity contribution >= 4 is 58.9 Å². The van der Waals surface area contributed by atoms with Crippen LogP contribution < -0.4 is 33.9 Å². The Morgan fingerprint density at radius 3 is 1.66 bits per heavy atom. The average Bonchev–Trinajstić information content (AvgIpc) is 3.14. The Morgan fingerprint density at radius 2 is 1.19 bits per heavy atom. The van der Waals surface area contributed by atoms with Gasteiger partial charge in [0.1, 0.15) is 11.9 Å². The molecule has 0 aliphatic carbocycles. The Morgan fingerprint density at radius 1 is 0.710 bits per heavy atom. The van der Waals surface area contributed by atoms with Crippen molar-refractivity contribution in [3.05, 3.63) is 88.7 Å². The van der Waals surface area contributed by atoms with Crippen molar-refractivity contribution in [2.24, 2.45) is 10.2 Å². The Bertz CT molecular complexity index is 2150. The van der Waals surface area contributed by atoms with E-state index in [0.717, 1.165) is 63.0 Å². The minimum absolute atomic E-state index is 0. The average molecular weight is 905 g/mol. The number of nitrogens with one attached hydrogen (secondary N) is 4. The van der Waals surface area contributed by atoms with Crippen molar-refractivity contribution < 1.29 is 86.0 Å². The number of ether oxygens (including phenoxy) is 2. The predicted octanol–water partition coefficient (Wildman–Crippen LogP) is 0.489. The standard InChI is InChI=1S/C24H26F3N5O6.C14H17F3N4O2.ClH/c1-32(2,3)13-20(33)31-30-19(21(34)29-16-8-6-7-15(10-16)24(25,26)27)11-18-17(23(36)38-5)9-14(12-28-18)22(35)37-4;1-21(2,3)9-13(23)20-18-8-12(22)19-11-6-4-5-10(7-11)14(15,16)17;/h6-10,12H,11,13H2,1-5H3,(H-,29,31,33,34);4-8H,9H2,1-3H3,(H-,19,20,22,23);1H/p+1. The summed E-state index contributed by atoms with van der Waals surface area (Å²) < 4.78 is 86.9. The molecule has 0 fully saturated rings. The molecule has 0 aliphatic rings. The minimum atomic E-state index is -4.64. The highest BCUT2D eigenvalue weighted by molar-refractivity contribution is 6.43. The molecule has 0 unspecified atom stereocenters. The van der Waals surface area contributed by atoms with Crippen LogP contribution in [0.4, 0.5) is 37.7 Å². The fourth-order valence-corrected chi connectivity index (χ4v) is 4.63. The number of anilines is 2. The number of rotatable bonds is 14. The Labute approximate surface area is 358 Å². The van der Waals surface area contributed by atoms with Gasteiger partial charge in [-0.2, -0.15) is 36.5 Å². The third kappa shape index (κ3) is 19.3. The molecule has 24 heteroatoms. The summed E-state index contributed by atoms with van der Waals surface area (Å²) in [6.07, 6.45) is -7.70. The van der Waals surface area contributed by atoms with Gasteiger partial charge in [0.05, 0.1) is 84.5 Å². The second kappa shape index (κ2) is 22.9. The molecular weight excluding hydrogens is 860 g/mol. The second-order valence-electron chi connectivity index (χ2n) is 14.8. The molecule has 338 valence electrons. The summed E-state index contributed by atoms with van der Waals surface area (Å²) in [5.74, 6) is -4.33. The van der Waals surface area contributed by atoms with Gasteiger partial charge in [0.25, 0.3) is 23.6 Å². The quantitative estimate of drug-likeness (QED) is 0.0584. The molecule has 17 nitrogen and oxygen atoms in total. The molecule has 3 rings (SSSR count). The molecule has 4 amide bonds. The van der Waals surface area contributed by atoms with Gasteiger partial charge in [0, 0.05) is 24.0 Å². The smallest absolute Gasteiger partial charge is 0.416 e. The van der Waals surface area contributed by atoms with Crippen LogP contribution in [0.15, 0.2) is 71.0 Å². The van der Waals surface area contributed by atoms with Crippen LogP contribution in [0.25, 0.3) is 0 Å². The highest BCUT2D eigenvalue weighted by atomic mass is 35.5. The minimum Gasteiger partial charge on any atom is -1.00 e. The van der Waals surface area contributed by atoms with Gasteiger partial charge in [0.15, 0.2) is 13.1 Å². The number of quaternary nitrogens is 2. The lowest BCUT2D eigenvalue weighted by Crippen LogP contribution is -3.00. The van der Waals surface area contributed by atoms with Gasteiger partial charge in [-0.1, -0.05) is 12.1 Å². The molecule has 3 aromatic rings. The Kier molecular flexibility index (Phi) is 19.8. The van der Waals surface area contributed by atoms with E-state index < -0.39 is 59.6 Å². The first-order valence-electron chi connectivity index (χ1n) is 17.5. The number of hydrazone groups is 2. The van der Waals surface area contributed by atoms with Crippen LogP contribution in [0.5, 0.6) is 0 Å². The third-order valence-electron chi connectivity index (χ3n) is 7.22. The first-order valence-corrected chi connectivity index (χ1v) is 17.5. The SMILES string of the molecule is COC(=O)c1cnc(C/C(=N\NC(=O)C[N+](C)(C)C)C(=O)Nc2cccc(C(F)(F)F)c2)c(C(=O)OC)c1.C[N+](C)(C)CC(=O)N/N=C/C(=O)Nc1cccc(C(F)(F)F)c1.[Cl-]. The van der Waals surface area contributed by atoms with Crippen LogP contribution in [0.1, 0.15) is 37.5 Å². The van der Waals surface area contributed by atoms with Gasteiger partial charge >= 0.3 is 24.3 Å². The van der Waals surface area contributed by atoms with Crippen LogP contribution in [0.3, 0.4) is 0 Å². The van der Waals surface area contributed by atoms with Gasteiger partial charge in [-0.25, -0.2) is 20.4 Å². The number of carbonyl (C=O) groups is 6. The number of nitrogens with zero attached hydrogens (tertiary/aromatic N) is 5. The van der Waals surface area contributed by atoms with E-state index in [1.807, 2.05) is 21.1 Å². The molecule has 1 aromatic heterocycles. The molecule has 0 spiro atoms. The number of alkyl halides is 6. The first-order chi connectivity index (χ1) is 28.1. The fraction of sp³-hybridized carbons (Fsp3) is 0.342. The lowest BCUT2D eigenvalue weighted by atomic mass is 10.1. The number of esters is 2. The zero-order valence-electron chi connectivity index (χ0n) is 34.6. The summed E-state index contributed by atoms with van der Waals surface area (Å²) in [7, 11) is 12.9. The highest BCUT2D eigenvalue weighted by Crippen LogP contribution is 2.31. The van der Waals surface area contributed by atoms with E-state index in [9.17, 15) is 55.1 Å². The summed E-state index contributed by atoms with van der Waals surface area (Å²) in [6, 6.07) is 9.27. The normalized spacial score (nSPS) is 11.9. The van der Waals surface area contributed by atoms with Crippen molar-refractivity contribution in [3.8, 4) is 0 Å². The van der Waals surface area contributed by atoms with Crippen LogP contribution in [0.2, 0.25) is 0 Å². The number of aromatic nitrogens is 1. The Balaban J connectivity index is 0.000000687. The van der Waals surface area contributed by atoms with Gasteiger partial charge in [-0.3, -0.25) is 24.2 Å². The molecule has 4 N–H and O–H groups in total. The first kappa shape index (κ1) is 53.6. The summed E-state index contributed by atoms with van der Waals surface area (Å²) in [4.78, 5) is 76.6. The zero-order chi connectivity index (χ0) is 46.3. The molecule has 0 saturated heterocycles. The maximum atomic E-state index is 13.1. The van der Waals surface area contributed by atoms with E-state index in [4.69, 9.17) is 4.74 Å². The van der Waals surface area contributed by atoms with Crippen molar-refractivity contribution in [1.82, 2.24) is 15.8 Å². The molecule has 2 aromatic carbocycles. The van der Waals surface area contributed by atoms with Crippen molar-refractivity contribution in [2.45, 2.75) is 18.8 Å². The van der Waals surface area contributed by atoms with E-state index in [0.29, 0.717) is 4.48 Å². The van der Waals surface area contributed by atoms with Crippen LogP contribution in [0, 0.1) is 0 Å². The van der Waals surface area contributed by atoms with Gasteiger partial charge in [-0.15, -0.1) is 0 Å². The van der Waals surface area contributed by atoms with Crippen LogP contribution in [-0.4, -0.2) is 131 Å². The number of hydrogen-bond donors (Lipinski definition) is 4. The number of methoxy groups -OCH3 is 2. The van der Waals surface area contributed by atoms with E-state index in [1.54, 1.807) is 21.1 Å². The lowest BCUT2D eigenvalue weighted by Gasteiger charge is -2.22. The summed E-state index contributed by atoms with van der Waals surface area (Å²) in [5.41, 5.74) is 1.64. The molecule has 62 heavy (non-hydrogen) atoms. The van der Waals surface area contributed by atoms with E-state index in [-0.39, 0.29) is 69.8 Å².